The van der Waals surface area contributed by atoms with E-state index in [9.17, 15) is 5.11 Å². The maximum absolute atomic E-state index is 11.4. The molecule has 0 aliphatic rings. The van der Waals surface area contributed by atoms with E-state index in [2.05, 4.69) is 158 Å². The van der Waals surface area contributed by atoms with E-state index in [0.717, 1.165) is 50.1 Å². The van der Waals surface area contributed by atoms with Crippen LogP contribution in [0.4, 0.5) is 0 Å². The van der Waals surface area contributed by atoms with Crippen LogP contribution in [-0.4, -0.2) is 48.6 Å². The Balaban J connectivity index is 1.33. The summed E-state index contributed by atoms with van der Waals surface area (Å²) in [5.41, 5.74) is 9.78. The van der Waals surface area contributed by atoms with Crippen molar-refractivity contribution in [1.29, 1.82) is 0 Å². The molecule has 7 heteroatoms. The largest absolute Gasteiger partial charge is 0.407 e. The smallest absolute Gasteiger partial charge is 0.131 e. The topological polar surface area (TPSA) is 50.9 Å². The van der Waals surface area contributed by atoms with E-state index in [1.54, 1.807) is 0 Å². The van der Waals surface area contributed by atoms with Crippen LogP contribution in [-0.2, 0) is 5.31 Å². The Kier molecular flexibility index (Phi) is 7.46. The van der Waals surface area contributed by atoms with Crippen LogP contribution in [0, 0.1) is 0 Å². The molecular formula is C45H36B3N3O. The molecule has 9 rings (SSSR count). The summed E-state index contributed by atoms with van der Waals surface area (Å²) in [7, 11) is 5.81. The maximum Gasteiger partial charge on any atom is 0.131 e. The minimum Gasteiger partial charge on any atom is -0.407 e. The van der Waals surface area contributed by atoms with Crippen LogP contribution in [0.1, 0.15) is 12.7 Å². The fourth-order valence-corrected chi connectivity index (χ4v) is 7.76. The number of rotatable bonds is 6. The molecule has 0 bridgehead atoms. The van der Waals surface area contributed by atoms with Crippen LogP contribution in [0.15, 0.2) is 158 Å². The highest BCUT2D eigenvalue weighted by Crippen LogP contribution is 2.47. The minimum atomic E-state index is -1.02. The highest BCUT2D eigenvalue weighted by molar-refractivity contribution is 6.44. The van der Waals surface area contributed by atoms with Crippen molar-refractivity contribution < 1.29 is 5.11 Å². The monoisotopic (exact) mass is 667 g/mol. The van der Waals surface area contributed by atoms with E-state index >= 15 is 0 Å². The number of hydrogen-bond acceptors (Lipinski definition) is 3. The summed E-state index contributed by atoms with van der Waals surface area (Å²) in [4.78, 5) is 9.81. The molecule has 7 aromatic carbocycles. The molecule has 1 unspecified atom stereocenters. The van der Waals surface area contributed by atoms with Gasteiger partial charge in [-0.15, -0.1) is 0 Å². The molecule has 0 radical (unpaired) electrons. The fourth-order valence-electron chi connectivity index (χ4n) is 7.76. The zero-order valence-corrected chi connectivity index (χ0v) is 29.8. The van der Waals surface area contributed by atoms with Crippen molar-refractivity contribution in [3.63, 3.8) is 0 Å². The molecule has 2 heterocycles. The molecule has 1 N–H and O–H groups in total. The molecular weight excluding hydrogens is 631 g/mol. The van der Waals surface area contributed by atoms with Gasteiger partial charge in [-0.05, 0) is 85.6 Å². The summed E-state index contributed by atoms with van der Waals surface area (Å²) >= 11 is 0. The van der Waals surface area contributed by atoms with Crippen molar-refractivity contribution in [2.24, 2.45) is 0 Å². The van der Waals surface area contributed by atoms with Gasteiger partial charge in [-0.2, -0.15) is 0 Å². The normalized spacial score (nSPS) is 13.2. The first-order valence-corrected chi connectivity index (χ1v) is 17.9. The molecule has 0 aliphatic carbocycles. The molecule has 246 valence electrons. The Bertz CT molecular complexity index is 2760. The van der Waals surface area contributed by atoms with E-state index in [0.29, 0.717) is 0 Å². The lowest BCUT2D eigenvalue weighted by Gasteiger charge is -2.38. The number of fused-ring (bicyclic) bond motifs is 4. The Morgan fingerprint density at radius 2 is 1.13 bits per heavy atom. The third-order valence-corrected chi connectivity index (χ3v) is 11.1. The van der Waals surface area contributed by atoms with E-state index in [4.69, 9.17) is 4.98 Å². The summed E-state index contributed by atoms with van der Waals surface area (Å²) in [6, 6.07) is 53.9. The predicted octanol–water partition coefficient (Wildman–Crippen LogP) is 7.64. The van der Waals surface area contributed by atoms with E-state index in [1.165, 1.54) is 38.2 Å². The van der Waals surface area contributed by atoms with Gasteiger partial charge in [0.25, 0.3) is 0 Å². The number of para-hydroxylation sites is 2. The number of benzene rings is 7. The van der Waals surface area contributed by atoms with Gasteiger partial charge >= 0.3 is 0 Å². The first-order chi connectivity index (χ1) is 25.2. The third-order valence-electron chi connectivity index (χ3n) is 11.1. The molecule has 1 atom stereocenters. The van der Waals surface area contributed by atoms with Crippen molar-refractivity contribution in [3.8, 4) is 39.2 Å². The summed E-state index contributed by atoms with van der Waals surface area (Å²) < 4.78 is 2.26. The van der Waals surface area contributed by atoms with Crippen molar-refractivity contribution in [2.75, 3.05) is 0 Å². The lowest BCUT2D eigenvalue weighted by molar-refractivity contribution is 0.162. The summed E-state index contributed by atoms with van der Waals surface area (Å²) in [6.07, 6.45) is 1.85. The van der Waals surface area contributed by atoms with Gasteiger partial charge in [0.1, 0.15) is 29.4 Å². The van der Waals surface area contributed by atoms with Gasteiger partial charge in [0.2, 0.25) is 0 Å². The van der Waals surface area contributed by atoms with Crippen LogP contribution in [0.2, 0.25) is 0 Å². The molecule has 4 nitrogen and oxygen atoms in total. The molecule has 9 aromatic rings. The van der Waals surface area contributed by atoms with E-state index in [-0.39, 0.29) is 0 Å². The second-order valence-electron chi connectivity index (χ2n) is 14.8. The highest BCUT2D eigenvalue weighted by Gasteiger charge is 2.40. The zero-order chi connectivity index (χ0) is 35.6. The molecule has 0 aliphatic heterocycles. The van der Waals surface area contributed by atoms with Crippen molar-refractivity contribution in [2.45, 2.75) is 17.6 Å². The van der Waals surface area contributed by atoms with E-state index in [1.807, 2.05) is 40.1 Å². The number of hydrogen-bond donors (Lipinski definition) is 1. The minimum absolute atomic E-state index is 0.651. The van der Waals surface area contributed by atoms with Gasteiger partial charge in [0.05, 0.1) is 22.4 Å². The number of nitrogens with zero attached hydrogens (tertiary/aromatic N) is 3. The Labute approximate surface area is 306 Å². The number of imidazole rings is 1. The molecule has 52 heavy (non-hydrogen) atoms. The van der Waals surface area contributed by atoms with Crippen LogP contribution in [0.5, 0.6) is 0 Å². The molecule has 2 aromatic heterocycles. The summed E-state index contributed by atoms with van der Waals surface area (Å²) in [6.45, 7) is 2.08. The Hall–Kier alpha value is -5.91. The summed E-state index contributed by atoms with van der Waals surface area (Å²) in [5.74, 6) is 0.826. The highest BCUT2D eigenvalue weighted by atomic mass is 16.3. The average Bonchev–Trinajstić information content (AvgIpc) is 3.57. The van der Waals surface area contributed by atoms with Crippen LogP contribution in [0.25, 0.3) is 82.5 Å². The Morgan fingerprint density at radius 1 is 0.558 bits per heavy atom. The number of aromatic nitrogens is 3. The first-order valence-electron chi connectivity index (χ1n) is 17.9. The van der Waals surface area contributed by atoms with Gasteiger partial charge in [0.15, 0.2) is 0 Å². The van der Waals surface area contributed by atoms with E-state index < -0.39 is 10.7 Å². The SMILES string of the molecule is BC(B)(O)C(B)(C)c1nc2ccccc2n1-c1ccc(-c2c3ccccc3c(-c3cccc(-c4ccccn4)c3)c3ccccc23)c2ccccc12. The second-order valence-corrected chi connectivity index (χ2v) is 14.8. The second kappa shape index (κ2) is 12.1. The van der Waals surface area contributed by atoms with Crippen LogP contribution >= 0.6 is 0 Å². The lowest BCUT2D eigenvalue weighted by atomic mass is 9.43. The van der Waals surface area contributed by atoms with Gasteiger partial charge in [-0.3, -0.25) is 9.55 Å². The molecule has 0 amide bonds. The van der Waals surface area contributed by atoms with Crippen molar-refractivity contribution >= 4 is 66.9 Å². The quantitative estimate of drug-likeness (QED) is 0.147. The average molecular weight is 667 g/mol. The van der Waals surface area contributed by atoms with Crippen molar-refractivity contribution in [3.05, 3.63) is 164 Å². The Morgan fingerprint density at radius 3 is 1.79 bits per heavy atom. The molecule has 0 fully saturated rings. The van der Waals surface area contributed by atoms with Crippen LogP contribution < -0.4 is 0 Å². The summed E-state index contributed by atoms with van der Waals surface area (Å²) in [5, 5.41) is 16.9. The standard InChI is InChI=1S/C45H36B3N3O/c1-44(46,45(47,48)52)43-50-38-22-8-9-23-40(38)51(43)39-25-24-36(30-15-2-3-16-31(30)39)42-34-19-6-4-17-32(34)41(33-18-5-7-20-35(33)42)29-14-12-13-28(27-29)37-21-10-11-26-49-37/h2-27,52H,46-48H2,1H3. The van der Waals surface area contributed by atoms with Gasteiger partial charge in [0, 0.05) is 27.9 Å². The van der Waals surface area contributed by atoms with Crippen molar-refractivity contribution in [1.82, 2.24) is 14.5 Å². The molecule has 0 saturated carbocycles. The van der Waals surface area contributed by atoms with Gasteiger partial charge in [-0.1, -0.05) is 122 Å². The van der Waals surface area contributed by atoms with Gasteiger partial charge in [-0.25, -0.2) is 4.98 Å². The van der Waals surface area contributed by atoms with Crippen LogP contribution in [0.3, 0.4) is 0 Å². The molecule has 0 saturated heterocycles. The fraction of sp³-hybridized carbons (Fsp3) is 0.0667. The lowest BCUT2D eigenvalue weighted by Crippen LogP contribution is -2.52. The number of aliphatic hydroxyl groups is 1. The third kappa shape index (κ3) is 4.99. The number of pyridine rings is 1. The predicted molar refractivity (Wildman–Crippen MR) is 226 cm³/mol. The first kappa shape index (κ1) is 32.0. The van der Waals surface area contributed by atoms with Gasteiger partial charge < -0.3 is 5.11 Å². The zero-order valence-electron chi connectivity index (χ0n) is 29.8. The maximum atomic E-state index is 11.4. The molecule has 0 spiro atoms.